The Kier molecular flexibility index (Phi) is 3.93. The molecule has 2 aromatic heterocycles. The molecule has 0 atom stereocenters. The smallest absolute Gasteiger partial charge is 0.351 e. The van der Waals surface area contributed by atoms with Gasteiger partial charge in [-0.15, -0.1) is 0 Å². The summed E-state index contributed by atoms with van der Waals surface area (Å²) in [5.41, 5.74) is 0. The molecule has 0 bridgehead atoms. The van der Waals surface area contributed by atoms with Gasteiger partial charge in [-0.2, -0.15) is 0 Å². The van der Waals surface area contributed by atoms with Crippen molar-refractivity contribution in [3.8, 4) is 0 Å². The van der Waals surface area contributed by atoms with Crippen LogP contribution in [0.3, 0.4) is 0 Å². The van der Waals surface area contributed by atoms with Crippen LogP contribution < -0.4 is 0 Å². The third-order valence-electron chi connectivity index (χ3n) is 1.66. The van der Waals surface area contributed by atoms with Gasteiger partial charge in [-0.05, 0) is 17.8 Å². The first-order valence-electron chi connectivity index (χ1n) is 4.40. The van der Waals surface area contributed by atoms with Crippen LogP contribution in [0.15, 0.2) is 28.0 Å². The average molecular weight is 288 g/mol. The second-order valence-electron chi connectivity index (χ2n) is 2.72. The fraction of sp³-hybridized carbons (Fsp3) is 0.111. The van der Waals surface area contributed by atoms with E-state index in [0.29, 0.717) is 9.50 Å². The van der Waals surface area contributed by atoms with Gasteiger partial charge in [-0.3, -0.25) is 0 Å². The summed E-state index contributed by atoms with van der Waals surface area (Å²) in [6.45, 7) is 0. The number of hydrogen-bond donors (Lipinski definition) is 0. The van der Waals surface area contributed by atoms with Crippen molar-refractivity contribution in [2.75, 3.05) is 7.11 Å². The highest BCUT2D eigenvalue weighted by atomic mass is 35.5. The lowest BCUT2D eigenvalue weighted by Gasteiger charge is -1.93. The summed E-state index contributed by atoms with van der Waals surface area (Å²) in [6.07, 6.45) is 3.26. The number of esters is 1. The number of thiazole rings is 1. The number of methoxy groups -OCH3 is 1. The molecule has 2 heterocycles. The van der Waals surface area contributed by atoms with Crippen molar-refractivity contribution in [1.82, 2.24) is 15.0 Å². The molecular weight excluding hydrogens is 282 g/mol. The molecule has 0 saturated carbocycles. The van der Waals surface area contributed by atoms with Crippen LogP contribution in [0.25, 0.3) is 0 Å². The standard InChI is InChI=1S/C9H6ClN3O2S2/c1-15-7(14)5-6(10)13-9(16-5)17-8-11-3-2-4-12-8/h2-4H,1H3. The van der Waals surface area contributed by atoms with E-state index < -0.39 is 5.97 Å². The molecule has 0 aliphatic carbocycles. The molecule has 8 heteroatoms. The molecule has 2 rings (SSSR count). The molecule has 0 fully saturated rings. The highest BCUT2D eigenvalue weighted by Crippen LogP contribution is 2.33. The number of carbonyl (C=O) groups excluding carboxylic acids is 1. The SMILES string of the molecule is COC(=O)c1sc(Sc2ncccn2)nc1Cl. The molecule has 0 N–H and O–H groups in total. The number of rotatable bonds is 3. The minimum atomic E-state index is -0.492. The molecular formula is C9H6ClN3O2S2. The van der Waals surface area contributed by atoms with E-state index in [0.717, 1.165) is 11.3 Å². The summed E-state index contributed by atoms with van der Waals surface area (Å²) >= 11 is 8.22. The molecule has 2 aromatic rings. The van der Waals surface area contributed by atoms with Crippen molar-refractivity contribution in [3.05, 3.63) is 28.5 Å². The Morgan fingerprint density at radius 3 is 2.82 bits per heavy atom. The van der Waals surface area contributed by atoms with Gasteiger partial charge in [0, 0.05) is 12.4 Å². The molecule has 0 aliphatic rings. The van der Waals surface area contributed by atoms with Crippen molar-refractivity contribution in [3.63, 3.8) is 0 Å². The van der Waals surface area contributed by atoms with E-state index in [9.17, 15) is 4.79 Å². The van der Waals surface area contributed by atoms with Crippen molar-refractivity contribution in [2.45, 2.75) is 9.50 Å². The van der Waals surface area contributed by atoms with E-state index in [1.807, 2.05) is 0 Å². The number of carbonyl (C=O) groups is 1. The maximum absolute atomic E-state index is 11.3. The van der Waals surface area contributed by atoms with Gasteiger partial charge < -0.3 is 4.74 Å². The summed E-state index contributed by atoms with van der Waals surface area (Å²) in [5, 5.41) is 0.689. The average Bonchev–Trinajstić information content (AvgIpc) is 2.70. The van der Waals surface area contributed by atoms with Crippen LogP contribution in [-0.4, -0.2) is 28.0 Å². The lowest BCUT2D eigenvalue weighted by molar-refractivity contribution is 0.0606. The number of ether oxygens (including phenoxy) is 1. The summed E-state index contributed by atoms with van der Waals surface area (Å²) in [7, 11) is 1.30. The van der Waals surface area contributed by atoms with Crippen molar-refractivity contribution in [1.29, 1.82) is 0 Å². The van der Waals surface area contributed by atoms with E-state index in [4.69, 9.17) is 11.6 Å². The lowest BCUT2D eigenvalue weighted by Crippen LogP contribution is -1.98. The van der Waals surface area contributed by atoms with Crippen LogP contribution in [0.4, 0.5) is 0 Å². The topological polar surface area (TPSA) is 65.0 Å². The first-order chi connectivity index (χ1) is 8.20. The maximum atomic E-state index is 11.3. The zero-order chi connectivity index (χ0) is 12.3. The van der Waals surface area contributed by atoms with Gasteiger partial charge in [0.05, 0.1) is 7.11 Å². The quantitative estimate of drug-likeness (QED) is 0.638. The van der Waals surface area contributed by atoms with E-state index in [1.54, 1.807) is 18.5 Å². The molecule has 0 saturated heterocycles. The first-order valence-corrected chi connectivity index (χ1v) is 6.41. The minimum absolute atomic E-state index is 0.139. The normalized spacial score (nSPS) is 10.2. The van der Waals surface area contributed by atoms with Crippen molar-refractivity contribution < 1.29 is 9.53 Å². The summed E-state index contributed by atoms with van der Waals surface area (Å²) in [4.78, 5) is 23.7. The van der Waals surface area contributed by atoms with Gasteiger partial charge in [0.2, 0.25) is 0 Å². The molecule has 17 heavy (non-hydrogen) atoms. The van der Waals surface area contributed by atoms with Gasteiger partial charge in [-0.25, -0.2) is 19.7 Å². The largest absolute Gasteiger partial charge is 0.465 e. The number of nitrogens with zero attached hydrogens (tertiary/aromatic N) is 3. The highest BCUT2D eigenvalue weighted by molar-refractivity contribution is 8.00. The van der Waals surface area contributed by atoms with Gasteiger partial charge in [0.15, 0.2) is 19.5 Å². The Hall–Kier alpha value is -1.18. The van der Waals surface area contributed by atoms with Gasteiger partial charge in [0.25, 0.3) is 0 Å². The third kappa shape index (κ3) is 2.93. The zero-order valence-corrected chi connectivity index (χ0v) is 11.0. The van der Waals surface area contributed by atoms with Crippen LogP contribution in [0.5, 0.6) is 0 Å². The molecule has 0 spiro atoms. The monoisotopic (exact) mass is 287 g/mol. The molecule has 0 aliphatic heterocycles. The van der Waals surface area contributed by atoms with E-state index >= 15 is 0 Å². The summed E-state index contributed by atoms with van der Waals surface area (Å²) in [5.74, 6) is -0.492. The number of aromatic nitrogens is 3. The lowest BCUT2D eigenvalue weighted by atomic mass is 10.6. The predicted molar refractivity (Wildman–Crippen MR) is 64.6 cm³/mol. The molecule has 0 amide bonds. The van der Waals surface area contributed by atoms with Crippen LogP contribution in [0, 0.1) is 0 Å². The zero-order valence-electron chi connectivity index (χ0n) is 8.58. The van der Waals surface area contributed by atoms with Gasteiger partial charge in [0.1, 0.15) is 0 Å². The number of hydrogen-bond acceptors (Lipinski definition) is 7. The first kappa shape index (κ1) is 12.3. The summed E-state index contributed by atoms with van der Waals surface area (Å²) < 4.78 is 5.19. The number of halogens is 1. The molecule has 0 radical (unpaired) electrons. The molecule has 5 nitrogen and oxygen atoms in total. The maximum Gasteiger partial charge on any atom is 0.351 e. The van der Waals surface area contributed by atoms with Crippen molar-refractivity contribution >= 4 is 40.7 Å². The molecule has 0 aromatic carbocycles. The molecule has 88 valence electrons. The van der Waals surface area contributed by atoms with Crippen LogP contribution in [0.1, 0.15) is 9.67 Å². The Morgan fingerprint density at radius 1 is 1.47 bits per heavy atom. The Labute approximate surface area is 110 Å². The minimum Gasteiger partial charge on any atom is -0.465 e. The van der Waals surface area contributed by atoms with Crippen molar-refractivity contribution in [2.24, 2.45) is 0 Å². The Bertz CT molecular complexity index is 532. The van der Waals surface area contributed by atoms with Gasteiger partial charge >= 0.3 is 5.97 Å². The Morgan fingerprint density at radius 2 is 2.18 bits per heavy atom. The second kappa shape index (κ2) is 5.44. The Balaban J connectivity index is 2.21. The highest BCUT2D eigenvalue weighted by Gasteiger charge is 2.18. The third-order valence-corrected chi connectivity index (χ3v) is 4.03. The fourth-order valence-electron chi connectivity index (χ4n) is 0.962. The van der Waals surface area contributed by atoms with Crippen LogP contribution in [-0.2, 0) is 4.74 Å². The fourth-order valence-corrected chi connectivity index (χ4v) is 3.11. The second-order valence-corrected chi connectivity index (χ2v) is 5.30. The van der Waals surface area contributed by atoms with E-state index in [2.05, 4.69) is 19.7 Å². The van der Waals surface area contributed by atoms with Gasteiger partial charge in [-0.1, -0.05) is 22.9 Å². The van der Waals surface area contributed by atoms with E-state index in [1.165, 1.54) is 18.9 Å². The van der Waals surface area contributed by atoms with Crippen LogP contribution in [0.2, 0.25) is 5.15 Å². The van der Waals surface area contributed by atoms with E-state index in [-0.39, 0.29) is 10.0 Å². The molecule has 0 unspecified atom stereocenters. The van der Waals surface area contributed by atoms with Crippen LogP contribution >= 0.6 is 34.7 Å². The predicted octanol–water partition coefficient (Wildman–Crippen LogP) is 2.52. The summed E-state index contributed by atoms with van der Waals surface area (Å²) in [6, 6.07) is 1.72.